The first-order valence-corrected chi connectivity index (χ1v) is 9.38. The van der Waals surface area contributed by atoms with Crippen LogP contribution in [0.1, 0.15) is 38.4 Å². The summed E-state index contributed by atoms with van der Waals surface area (Å²) in [6, 6.07) is 9.70. The van der Waals surface area contributed by atoms with Crippen molar-refractivity contribution < 1.29 is 4.79 Å². The number of hydrogen-bond acceptors (Lipinski definition) is 3. The molecule has 0 saturated carbocycles. The number of rotatable bonds is 4. The Hall–Kier alpha value is -2.73. The molecular formula is C21H21BrN4O. The van der Waals surface area contributed by atoms with E-state index in [4.69, 9.17) is 0 Å². The Bertz CT molecular complexity index is 1020. The minimum atomic E-state index is -0.271. The van der Waals surface area contributed by atoms with Crippen molar-refractivity contribution in [2.45, 2.75) is 27.7 Å². The van der Waals surface area contributed by atoms with Gasteiger partial charge in [0.2, 0.25) is 0 Å². The van der Waals surface area contributed by atoms with Crippen LogP contribution in [0.5, 0.6) is 0 Å². The largest absolute Gasteiger partial charge is 0.317 e. The summed E-state index contributed by atoms with van der Waals surface area (Å²) in [5.74, 6) is -0.271. The lowest BCUT2D eigenvalue weighted by Gasteiger charge is -2.11. The fraction of sp³-hybridized carbons (Fsp3) is 0.190. The van der Waals surface area contributed by atoms with E-state index in [0.29, 0.717) is 5.56 Å². The van der Waals surface area contributed by atoms with E-state index in [2.05, 4.69) is 75.0 Å². The maximum absolute atomic E-state index is 12.1. The molecule has 0 unspecified atom stereocenters. The van der Waals surface area contributed by atoms with Gasteiger partial charge in [0.25, 0.3) is 5.91 Å². The molecule has 1 aromatic carbocycles. The molecule has 1 amide bonds. The van der Waals surface area contributed by atoms with Crippen molar-refractivity contribution in [1.29, 1.82) is 0 Å². The summed E-state index contributed by atoms with van der Waals surface area (Å²) in [6.07, 6.45) is 4.82. The van der Waals surface area contributed by atoms with Crippen LogP contribution in [0.3, 0.4) is 0 Å². The van der Waals surface area contributed by atoms with Gasteiger partial charge < -0.3 is 4.57 Å². The van der Waals surface area contributed by atoms with Crippen LogP contribution >= 0.6 is 15.9 Å². The van der Waals surface area contributed by atoms with E-state index in [0.717, 1.165) is 27.1 Å². The van der Waals surface area contributed by atoms with Crippen LogP contribution in [-0.4, -0.2) is 21.7 Å². The summed E-state index contributed by atoms with van der Waals surface area (Å²) < 4.78 is 3.14. The van der Waals surface area contributed by atoms with Crippen LogP contribution in [-0.2, 0) is 0 Å². The summed E-state index contributed by atoms with van der Waals surface area (Å²) >= 11 is 3.66. The van der Waals surface area contributed by atoms with Gasteiger partial charge in [0, 0.05) is 45.1 Å². The van der Waals surface area contributed by atoms with Crippen molar-refractivity contribution in [3.8, 4) is 5.69 Å². The number of nitrogens with one attached hydrogen (secondary N) is 1. The van der Waals surface area contributed by atoms with Crippen molar-refractivity contribution in [3.05, 3.63) is 80.8 Å². The van der Waals surface area contributed by atoms with Gasteiger partial charge in [-0.1, -0.05) is 6.07 Å². The molecule has 0 atom stereocenters. The number of hydrazone groups is 1. The maximum atomic E-state index is 12.1. The Labute approximate surface area is 167 Å². The third-order valence-corrected chi connectivity index (χ3v) is 5.67. The summed E-state index contributed by atoms with van der Waals surface area (Å²) in [7, 11) is 0. The van der Waals surface area contributed by atoms with Crippen LogP contribution in [0.15, 0.2) is 52.3 Å². The van der Waals surface area contributed by atoms with Crippen LogP contribution in [0, 0.1) is 27.7 Å². The Balaban J connectivity index is 1.89. The number of benzene rings is 1. The minimum Gasteiger partial charge on any atom is -0.317 e. The minimum absolute atomic E-state index is 0.271. The zero-order chi connectivity index (χ0) is 19.6. The van der Waals surface area contributed by atoms with Gasteiger partial charge in [-0.2, -0.15) is 5.10 Å². The highest BCUT2D eigenvalue weighted by molar-refractivity contribution is 9.10. The van der Waals surface area contributed by atoms with Crippen LogP contribution in [0.2, 0.25) is 0 Å². The summed E-state index contributed by atoms with van der Waals surface area (Å²) in [6.45, 7) is 8.31. The molecule has 0 bridgehead atoms. The molecule has 6 heteroatoms. The Kier molecular flexibility index (Phi) is 5.56. The molecule has 2 heterocycles. The molecule has 0 radical (unpaired) electrons. The van der Waals surface area contributed by atoms with Crippen LogP contribution < -0.4 is 5.43 Å². The van der Waals surface area contributed by atoms with Gasteiger partial charge in [-0.05, 0) is 79.0 Å². The highest BCUT2D eigenvalue weighted by Crippen LogP contribution is 2.30. The number of carbonyl (C=O) groups excluding carboxylic acids is 1. The summed E-state index contributed by atoms with van der Waals surface area (Å²) in [5.41, 5.74) is 9.75. The first kappa shape index (κ1) is 19.0. The molecule has 0 aliphatic rings. The molecule has 3 rings (SSSR count). The van der Waals surface area contributed by atoms with Crippen molar-refractivity contribution in [2.24, 2.45) is 5.10 Å². The van der Waals surface area contributed by atoms with E-state index in [9.17, 15) is 4.79 Å². The number of nitrogens with zero attached hydrogens (tertiary/aromatic N) is 3. The van der Waals surface area contributed by atoms with Gasteiger partial charge in [-0.15, -0.1) is 0 Å². The van der Waals surface area contributed by atoms with Gasteiger partial charge in [0.15, 0.2) is 0 Å². The number of amides is 1. The molecule has 2 aromatic heterocycles. The zero-order valence-electron chi connectivity index (χ0n) is 15.7. The smallest absolute Gasteiger partial charge is 0.271 e. The first-order valence-electron chi connectivity index (χ1n) is 8.58. The number of hydrogen-bond donors (Lipinski definition) is 1. The third-order valence-electron chi connectivity index (χ3n) is 4.67. The quantitative estimate of drug-likeness (QED) is 0.490. The van der Waals surface area contributed by atoms with E-state index in [1.165, 1.54) is 11.1 Å². The second kappa shape index (κ2) is 7.88. The monoisotopic (exact) mass is 424 g/mol. The van der Waals surface area contributed by atoms with Crippen molar-refractivity contribution in [2.75, 3.05) is 0 Å². The lowest BCUT2D eigenvalue weighted by Crippen LogP contribution is -2.17. The van der Waals surface area contributed by atoms with Gasteiger partial charge in [0.05, 0.1) is 6.21 Å². The lowest BCUT2D eigenvalue weighted by atomic mass is 10.1. The van der Waals surface area contributed by atoms with E-state index in [1.54, 1.807) is 30.7 Å². The van der Waals surface area contributed by atoms with Crippen molar-refractivity contribution in [1.82, 2.24) is 15.0 Å². The molecule has 1 N–H and O–H groups in total. The molecule has 5 nitrogen and oxygen atoms in total. The van der Waals surface area contributed by atoms with Gasteiger partial charge >= 0.3 is 0 Å². The molecule has 0 spiro atoms. The Morgan fingerprint density at radius 3 is 2.44 bits per heavy atom. The van der Waals surface area contributed by atoms with Gasteiger partial charge in [-0.3, -0.25) is 9.78 Å². The van der Waals surface area contributed by atoms with Crippen LogP contribution in [0.25, 0.3) is 5.69 Å². The van der Waals surface area contributed by atoms with Crippen LogP contribution in [0.4, 0.5) is 0 Å². The predicted molar refractivity (Wildman–Crippen MR) is 112 cm³/mol. The van der Waals surface area contributed by atoms with Gasteiger partial charge in [0.1, 0.15) is 0 Å². The zero-order valence-corrected chi connectivity index (χ0v) is 17.3. The average Bonchev–Trinajstić information content (AvgIpc) is 2.88. The second-order valence-electron chi connectivity index (χ2n) is 6.44. The average molecular weight is 425 g/mol. The Morgan fingerprint density at radius 1 is 1.07 bits per heavy atom. The predicted octanol–water partition coefficient (Wildman–Crippen LogP) is 4.63. The molecule has 138 valence electrons. The summed E-state index contributed by atoms with van der Waals surface area (Å²) in [4.78, 5) is 16.0. The molecular weight excluding hydrogens is 404 g/mol. The third kappa shape index (κ3) is 3.85. The number of aromatic nitrogens is 2. The van der Waals surface area contributed by atoms with Crippen molar-refractivity contribution in [3.63, 3.8) is 0 Å². The van der Waals surface area contributed by atoms with Crippen molar-refractivity contribution >= 4 is 28.1 Å². The fourth-order valence-electron chi connectivity index (χ4n) is 2.95. The topological polar surface area (TPSA) is 59.3 Å². The second-order valence-corrected chi connectivity index (χ2v) is 7.23. The highest BCUT2D eigenvalue weighted by atomic mass is 79.9. The lowest BCUT2D eigenvalue weighted by molar-refractivity contribution is 0.0955. The molecule has 27 heavy (non-hydrogen) atoms. The van der Waals surface area contributed by atoms with E-state index >= 15 is 0 Å². The summed E-state index contributed by atoms with van der Waals surface area (Å²) in [5, 5.41) is 4.13. The highest BCUT2D eigenvalue weighted by Gasteiger charge is 2.16. The van der Waals surface area contributed by atoms with E-state index in [-0.39, 0.29) is 5.91 Å². The maximum Gasteiger partial charge on any atom is 0.271 e. The fourth-order valence-corrected chi connectivity index (χ4v) is 3.52. The van der Waals surface area contributed by atoms with E-state index < -0.39 is 0 Å². The molecule has 3 aromatic rings. The molecule has 0 saturated heterocycles. The number of pyridine rings is 1. The number of carbonyl (C=O) groups is 1. The SMILES string of the molecule is Cc1ccc(-n2c(C)c(Br)c(/C=N/NC(=O)c3ccncc3)c2C)cc1C. The molecule has 0 aliphatic heterocycles. The Morgan fingerprint density at radius 2 is 1.78 bits per heavy atom. The molecule has 0 aliphatic carbocycles. The first-order chi connectivity index (χ1) is 12.9. The number of halogens is 1. The normalized spacial score (nSPS) is 11.1. The standard InChI is InChI=1S/C21H21BrN4O/c1-13-5-6-18(11-14(13)2)26-15(3)19(20(22)16(26)4)12-24-25-21(27)17-7-9-23-10-8-17/h5-12H,1-4H3,(H,25,27)/b24-12+. The van der Waals surface area contributed by atoms with E-state index in [1.807, 2.05) is 6.92 Å². The number of aryl methyl sites for hydroxylation is 2. The van der Waals surface area contributed by atoms with Gasteiger partial charge in [-0.25, -0.2) is 5.43 Å². The molecule has 0 fully saturated rings.